The summed E-state index contributed by atoms with van der Waals surface area (Å²) in [6.45, 7) is 2.61. The van der Waals surface area contributed by atoms with Crippen LogP contribution in [0.15, 0.2) is 22.7 Å². The van der Waals surface area contributed by atoms with Gasteiger partial charge < -0.3 is 20.3 Å². The Morgan fingerprint density at radius 3 is 2.76 bits per heavy atom. The number of nitrogen functional groups attached to an aromatic ring is 1. The van der Waals surface area contributed by atoms with Crippen LogP contribution in [0.3, 0.4) is 0 Å². The van der Waals surface area contributed by atoms with Gasteiger partial charge in [-0.1, -0.05) is 0 Å². The fraction of sp³-hybridized carbons (Fsp3) is 0.286. The van der Waals surface area contributed by atoms with Crippen LogP contribution in [0.5, 0.6) is 11.5 Å². The van der Waals surface area contributed by atoms with Crippen LogP contribution in [0.2, 0.25) is 0 Å². The van der Waals surface area contributed by atoms with Crippen molar-refractivity contribution in [3.8, 4) is 22.9 Å². The number of hydrogen-bond acceptors (Lipinski definition) is 6. The summed E-state index contributed by atoms with van der Waals surface area (Å²) in [5.41, 5.74) is 7.24. The normalized spacial score (nSPS) is 10.6. The zero-order valence-electron chi connectivity index (χ0n) is 11.8. The van der Waals surface area contributed by atoms with Crippen molar-refractivity contribution < 1.29 is 14.6 Å². The smallest absolute Gasteiger partial charge is 0.162 e. The largest absolute Gasteiger partial charge is 0.504 e. The molecular formula is C14H16BrN3O3. The van der Waals surface area contributed by atoms with Crippen molar-refractivity contribution in [2.45, 2.75) is 13.5 Å². The van der Waals surface area contributed by atoms with E-state index >= 15 is 0 Å². The van der Waals surface area contributed by atoms with E-state index in [0.717, 1.165) is 0 Å². The first-order valence-electron chi connectivity index (χ1n) is 6.33. The van der Waals surface area contributed by atoms with E-state index in [9.17, 15) is 5.11 Å². The SMILES string of the molecule is CCOc1cc(-c2nc(N)c(Br)c(COC)n2)ccc1O. The van der Waals surface area contributed by atoms with Gasteiger partial charge in [-0.3, -0.25) is 0 Å². The molecule has 0 aliphatic rings. The summed E-state index contributed by atoms with van der Waals surface area (Å²) in [6.07, 6.45) is 0. The van der Waals surface area contributed by atoms with Crippen LogP contribution in [0.4, 0.5) is 5.82 Å². The van der Waals surface area contributed by atoms with Gasteiger partial charge >= 0.3 is 0 Å². The quantitative estimate of drug-likeness (QED) is 0.858. The van der Waals surface area contributed by atoms with E-state index in [4.69, 9.17) is 15.2 Å². The Kier molecular flexibility index (Phi) is 4.98. The number of nitrogens with zero attached hydrogens (tertiary/aromatic N) is 2. The Hall–Kier alpha value is -1.86. The lowest BCUT2D eigenvalue weighted by atomic mass is 10.2. The van der Waals surface area contributed by atoms with Gasteiger partial charge in [0.1, 0.15) is 5.82 Å². The lowest BCUT2D eigenvalue weighted by Crippen LogP contribution is -2.04. The summed E-state index contributed by atoms with van der Waals surface area (Å²) in [4.78, 5) is 8.67. The average molecular weight is 354 g/mol. The second-order valence-corrected chi connectivity index (χ2v) is 5.03. The van der Waals surface area contributed by atoms with Gasteiger partial charge in [-0.05, 0) is 41.1 Å². The van der Waals surface area contributed by atoms with Gasteiger partial charge in [-0.25, -0.2) is 9.97 Å². The molecule has 7 heteroatoms. The van der Waals surface area contributed by atoms with Crippen molar-refractivity contribution in [1.29, 1.82) is 0 Å². The Labute approximate surface area is 131 Å². The van der Waals surface area contributed by atoms with Crippen molar-refractivity contribution >= 4 is 21.7 Å². The number of halogens is 1. The van der Waals surface area contributed by atoms with E-state index in [1.54, 1.807) is 19.2 Å². The molecule has 1 heterocycles. The lowest BCUT2D eigenvalue weighted by molar-refractivity contribution is 0.181. The van der Waals surface area contributed by atoms with Crippen LogP contribution >= 0.6 is 15.9 Å². The number of methoxy groups -OCH3 is 1. The molecule has 0 radical (unpaired) electrons. The summed E-state index contributed by atoms with van der Waals surface area (Å²) in [5.74, 6) is 1.23. The Morgan fingerprint density at radius 1 is 1.33 bits per heavy atom. The first-order valence-corrected chi connectivity index (χ1v) is 7.13. The van der Waals surface area contributed by atoms with Crippen LogP contribution in [0.1, 0.15) is 12.6 Å². The molecular weight excluding hydrogens is 338 g/mol. The predicted octanol–water partition coefficient (Wildman–Crippen LogP) is 2.74. The molecule has 1 aromatic carbocycles. The third-order valence-corrected chi connectivity index (χ3v) is 3.61. The number of phenolic OH excluding ortho intramolecular Hbond substituents is 1. The maximum Gasteiger partial charge on any atom is 0.162 e. The molecule has 0 spiro atoms. The number of rotatable bonds is 5. The first kappa shape index (κ1) is 15.5. The fourth-order valence-electron chi connectivity index (χ4n) is 1.80. The van der Waals surface area contributed by atoms with E-state index in [0.29, 0.717) is 46.3 Å². The minimum atomic E-state index is 0.0720. The molecule has 0 amide bonds. The molecule has 1 aromatic heterocycles. The Morgan fingerprint density at radius 2 is 2.10 bits per heavy atom. The highest BCUT2D eigenvalue weighted by atomic mass is 79.9. The van der Waals surface area contributed by atoms with Crippen LogP contribution in [0, 0.1) is 0 Å². The molecule has 6 nitrogen and oxygen atoms in total. The third-order valence-electron chi connectivity index (χ3n) is 2.74. The molecule has 2 aromatic rings. The summed E-state index contributed by atoms with van der Waals surface area (Å²) in [5, 5.41) is 9.73. The number of benzene rings is 1. The molecule has 3 N–H and O–H groups in total. The summed E-state index contributed by atoms with van der Waals surface area (Å²) in [6, 6.07) is 4.92. The number of phenols is 1. The Balaban J connectivity index is 2.48. The van der Waals surface area contributed by atoms with Gasteiger partial charge in [0.25, 0.3) is 0 Å². The van der Waals surface area contributed by atoms with E-state index in [-0.39, 0.29) is 5.75 Å². The number of aromatic nitrogens is 2. The second kappa shape index (κ2) is 6.73. The molecule has 0 saturated carbocycles. The van der Waals surface area contributed by atoms with Crippen molar-refractivity contribution in [2.24, 2.45) is 0 Å². The topological polar surface area (TPSA) is 90.5 Å². The molecule has 0 unspecified atom stereocenters. The van der Waals surface area contributed by atoms with Gasteiger partial charge in [0, 0.05) is 12.7 Å². The summed E-state index contributed by atoms with van der Waals surface area (Å²) >= 11 is 3.34. The second-order valence-electron chi connectivity index (χ2n) is 4.24. The highest BCUT2D eigenvalue weighted by molar-refractivity contribution is 9.10. The van der Waals surface area contributed by atoms with Crippen LogP contribution in [-0.2, 0) is 11.3 Å². The fourth-order valence-corrected chi connectivity index (χ4v) is 2.09. The van der Waals surface area contributed by atoms with Crippen molar-refractivity contribution in [2.75, 3.05) is 19.5 Å². The molecule has 0 saturated heterocycles. The van der Waals surface area contributed by atoms with E-state index in [1.807, 2.05) is 6.92 Å². The van der Waals surface area contributed by atoms with Gasteiger partial charge in [0.15, 0.2) is 17.3 Å². The van der Waals surface area contributed by atoms with E-state index < -0.39 is 0 Å². The van der Waals surface area contributed by atoms with E-state index in [1.165, 1.54) is 6.07 Å². The molecule has 0 atom stereocenters. The molecule has 2 rings (SSSR count). The summed E-state index contributed by atoms with van der Waals surface area (Å²) < 4.78 is 11.1. The third kappa shape index (κ3) is 3.43. The van der Waals surface area contributed by atoms with Crippen molar-refractivity contribution in [3.05, 3.63) is 28.4 Å². The van der Waals surface area contributed by atoms with Crippen molar-refractivity contribution in [3.63, 3.8) is 0 Å². The van der Waals surface area contributed by atoms with Gasteiger partial charge in [0.2, 0.25) is 0 Å². The maximum absolute atomic E-state index is 9.73. The number of ether oxygens (including phenoxy) is 2. The summed E-state index contributed by atoms with van der Waals surface area (Å²) in [7, 11) is 1.58. The molecule has 0 fully saturated rings. The van der Waals surface area contributed by atoms with Crippen molar-refractivity contribution in [1.82, 2.24) is 9.97 Å². The van der Waals surface area contributed by atoms with Crippen LogP contribution in [-0.4, -0.2) is 28.8 Å². The van der Waals surface area contributed by atoms with Gasteiger partial charge in [-0.15, -0.1) is 0 Å². The maximum atomic E-state index is 9.73. The molecule has 0 bridgehead atoms. The number of hydrogen-bond donors (Lipinski definition) is 2. The highest BCUT2D eigenvalue weighted by Gasteiger charge is 2.13. The molecule has 21 heavy (non-hydrogen) atoms. The Bertz CT molecular complexity index is 650. The van der Waals surface area contributed by atoms with Gasteiger partial charge in [0.05, 0.1) is 23.4 Å². The number of nitrogens with two attached hydrogens (primary N) is 1. The minimum absolute atomic E-state index is 0.0720. The number of anilines is 1. The molecule has 112 valence electrons. The zero-order chi connectivity index (χ0) is 15.4. The lowest BCUT2D eigenvalue weighted by Gasteiger charge is -2.10. The molecule has 0 aliphatic heterocycles. The zero-order valence-corrected chi connectivity index (χ0v) is 13.3. The standard InChI is InChI=1S/C14H16BrN3O3/c1-3-21-11-6-8(4-5-10(11)19)14-17-9(7-20-2)12(15)13(16)18-14/h4-6,19H,3,7H2,1-2H3,(H2,16,17,18). The predicted molar refractivity (Wildman–Crippen MR) is 83.1 cm³/mol. The molecule has 0 aliphatic carbocycles. The van der Waals surface area contributed by atoms with Crippen LogP contribution in [0.25, 0.3) is 11.4 Å². The number of aromatic hydroxyl groups is 1. The van der Waals surface area contributed by atoms with E-state index in [2.05, 4.69) is 25.9 Å². The van der Waals surface area contributed by atoms with Crippen LogP contribution < -0.4 is 10.5 Å². The monoisotopic (exact) mass is 353 g/mol. The van der Waals surface area contributed by atoms with Gasteiger partial charge in [-0.2, -0.15) is 0 Å². The average Bonchev–Trinajstić information content (AvgIpc) is 2.46. The highest BCUT2D eigenvalue weighted by Crippen LogP contribution is 2.32. The minimum Gasteiger partial charge on any atom is -0.504 e. The first-order chi connectivity index (χ1) is 10.1.